The molecule has 0 aliphatic heterocycles. The molecule has 1 heterocycles. The summed E-state index contributed by atoms with van der Waals surface area (Å²) < 4.78 is 1.23. The molecule has 0 saturated heterocycles. The Morgan fingerprint density at radius 3 is 2.57 bits per heavy atom. The van der Waals surface area contributed by atoms with E-state index in [1.165, 1.54) is 25.7 Å². The van der Waals surface area contributed by atoms with E-state index in [9.17, 15) is 0 Å². The molecule has 0 saturated carbocycles. The van der Waals surface area contributed by atoms with Gasteiger partial charge in [-0.05, 0) is 63.6 Å². The predicted octanol–water partition coefficient (Wildman–Crippen LogP) is 5.04. The molecule has 0 bridgehead atoms. The molecule has 1 unspecified atom stereocenters. The maximum atomic E-state index is 3.62. The molecule has 3 rings (SSSR count). The van der Waals surface area contributed by atoms with Crippen LogP contribution in [0.15, 0.2) is 58.4 Å². The molecule has 0 aliphatic carbocycles. The van der Waals surface area contributed by atoms with E-state index in [1.807, 2.05) is 18.4 Å². The second kappa shape index (κ2) is 6.73. The molecular weight excluding hydrogens is 342 g/mol. The highest BCUT2D eigenvalue weighted by molar-refractivity contribution is 9.10. The van der Waals surface area contributed by atoms with Crippen molar-refractivity contribution >= 4 is 38.0 Å². The molecule has 3 heteroatoms. The first-order valence-electron chi connectivity index (χ1n) is 7.13. The molecular formula is C18H18BrNS. The minimum Gasteiger partial charge on any atom is -0.316 e. The summed E-state index contributed by atoms with van der Waals surface area (Å²) in [6.07, 6.45) is 2.10. The van der Waals surface area contributed by atoms with E-state index in [0.717, 1.165) is 12.8 Å². The van der Waals surface area contributed by atoms with Crippen LogP contribution in [-0.4, -0.2) is 13.1 Å². The Hall–Kier alpha value is -1.16. The lowest BCUT2D eigenvalue weighted by molar-refractivity contribution is 0.560. The van der Waals surface area contributed by atoms with Gasteiger partial charge in [-0.1, -0.05) is 42.5 Å². The molecule has 21 heavy (non-hydrogen) atoms. The number of hydrogen-bond donors (Lipinski definition) is 1. The summed E-state index contributed by atoms with van der Waals surface area (Å²) in [5.74, 6) is 0. The summed E-state index contributed by atoms with van der Waals surface area (Å²) in [4.78, 5) is 1.41. The molecule has 1 N–H and O–H groups in total. The van der Waals surface area contributed by atoms with Gasteiger partial charge in [0.05, 0.1) is 0 Å². The molecule has 1 nitrogen and oxygen atoms in total. The van der Waals surface area contributed by atoms with Crippen LogP contribution in [0.1, 0.15) is 10.4 Å². The lowest BCUT2D eigenvalue weighted by atomic mass is 9.99. The van der Waals surface area contributed by atoms with Crippen molar-refractivity contribution in [3.8, 4) is 0 Å². The van der Waals surface area contributed by atoms with Crippen molar-refractivity contribution in [1.82, 2.24) is 5.32 Å². The zero-order valence-electron chi connectivity index (χ0n) is 12.0. The molecule has 2 aromatic carbocycles. The van der Waals surface area contributed by atoms with Crippen molar-refractivity contribution < 1.29 is 0 Å². The Morgan fingerprint density at radius 2 is 1.86 bits per heavy atom. The van der Waals surface area contributed by atoms with Crippen LogP contribution >= 0.6 is 27.3 Å². The molecule has 108 valence electrons. The number of fused-ring (bicyclic) bond motifs is 1. The van der Waals surface area contributed by atoms with Crippen molar-refractivity contribution in [2.45, 2.75) is 18.9 Å². The van der Waals surface area contributed by atoms with Crippen LogP contribution < -0.4 is 5.32 Å². The fourth-order valence-electron chi connectivity index (χ4n) is 2.62. The quantitative estimate of drug-likeness (QED) is 0.672. The number of thiophene rings is 1. The molecule has 0 spiro atoms. The maximum Gasteiger partial charge on any atom is 0.0314 e. The van der Waals surface area contributed by atoms with Crippen LogP contribution in [0.3, 0.4) is 0 Å². The van der Waals surface area contributed by atoms with E-state index < -0.39 is 0 Å². The minimum absolute atomic E-state index is 0.459. The number of nitrogens with one attached hydrogen (secondary N) is 1. The topological polar surface area (TPSA) is 12.0 Å². The van der Waals surface area contributed by atoms with Gasteiger partial charge in [0.25, 0.3) is 0 Å². The monoisotopic (exact) mass is 359 g/mol. The van der Waals surface area contributed by atoms with E-state index in [1.54, 1.807) is 0 Å². The summed E-state index contributed by atoms with van der Waals surface area (Å²) >= 11 is 5.44. The highest BCUT2D eigenvalue weighted by Gasteiger charge is 2.12. The Balaban J connectivity index is 1.77. The van der Waals surface area contributed by atoms with Gasteiger partial charge in [-0.15, -0.1) is 11.3 Å². The minimum atomic E-state index is 0.459. The maximum absolute atomic E-state index is 3.62. The van der Waals surface area contributed by atoms with Crippen LogP contribution in [0.4, 0.5) is 0 Å². The number of likely N-dealkylation sites (N-methyl/N-ethyl adjacent to an activating group) is 1. The van der Waals surface area contributed by atoms with Crippen molar-refractivity contribution in [2.24, 2.45) is 0 Å². The van der Waals surface area contributed by atoms with Crippen molar-refractivity contribution in [3.63, 3.8) is 0 Å². The third-order valence-electron chi connectivity index (χ3n) is 3.83. The van der Waals surface area contributed by atoms with Gasteiger partial charge in [-0.3, -0.25) is 0 Å². The van der Waals surface area contributed by atoms with Crippen molar-refractivity contribution in [2.75, 3.05) is 7.05 Å². The van der Waals surface area contributed by atoms with E-state index in [4.69, 9.17) is 0 Å². The summed E-state index contributed by atoms with van der Waals surface area (Å²) in [6, 6.07) is 17.9. The molecule has 0 amide bonds. The molecule has 0 aliphatic rings. The lowest BCUT2D eigenvalue weighted by Gasteiger charge is -2.16. The van der Waals surface area contributed by atoms with Gasteiger partial charge in [-0.2, -0.15) is 0 Å². The van der Waals surface area contributed by atoms with Gasteiger partial charge in [0.2, 0.25) is 0 Å². The van der Waals surface area contributed by atoms with Crippen LogP contribution in [0.25, 0.3) is 10.8 Å². The Bertz CT molecular complexity index is 735. The summed E-state index contributed by atoms with van der Waals surface area (Å²) in [5, 5.41) is 8.22. The molecule has 1 aromatic heterocycles. The van der Waals surface area contributed by atoms with E-state index >= 15 is 0 Å². The Morgan fingerprint density at radius 1 is 1.05 bits per heavy atom. The predicted molar refractivity (Wildman–Crippen MR) is 96.2 cm³/mol. The van der Waals surface area contributed by atoms with Gasteiger partial charge >= 0.3 is 0 Å². The first-order valence-corrected chi connectivity index (χ1v) is 8.80. The van der Waals surface area contributed by atoms with Gasteiger partial charge in [0.1, 0.15) is 0 Å². The van der Waals surface area contributed by atoms with Crippen LogP contribution in [-0.2, 0) is 12.8 Å². The zero-order valence-corrected chi connectivity index (χ0v) is 14.4. The molecule has 0 fully saturated rings. The summed E-state index contributed by atoms with van der Waals surface area (Å²) in [7, 11) is 2.05. The average molecular weight is 360 g/mol. The third kappa shape index (κ3) is 3.54. The first-order chi connectivity index (χ1) is 10.3. The van der Waals surface area contributed by atoms with Crippen LogP contribution in [0.2, 0.25) is 0 Å². The van der Waals surface area contributed by atoms with Gasteiger partial charge < -0.3 is 5.32 Å². The Labute approximate surface area is 138 Å². The van der Waals surface area contributed by atoms with Crippen LogP contribution in [0.5, 0.6) is 0 Å². The standard InChI is InChI=1S/C18H18BrNS/c1-20-16(12-18-17(19)8-9-21-18)11-13-6-7-14-4-2-3-5-15(14)10-13/h2-10,16,20H,11-12H2,1H3. The number of rotatable bonds is 5. The summed E-state index contributed by atoms with van der Waals surface area (Å²) in [6.45, 7) is 0. The molecule has 0 radical (unpaired) electrons. The largest absolute Gasteiger partial charge is 0.316 e. The van der Waals surface area contributed by atoms with Crippen molar-refractivity contribution in [3.05, 3.63) is 68.8 Å². The first kappa shape index (κ1) is 14.8. The smallest absolute Gasteiger partial charge is 0.0314 e. The Kier molecular flexibility index (Phi) is 4.73. The van der Waals surface area contributed by atoms with E-state index in [0.29, 0.717) is 6.04 Å². The van der Waals surface area contributed by atoms with E-state index in [2.05, 4.69) is 75.2 Å². The normalized spacial score (nSPS) is 12.7. The highest BCUT2D eigenvalue weighted by atomic mass is 79.9. The SMILES string of the molecule is CNC(Cc1ccc2ccccc2c1)Cc1sccc1Br. The second-order valence-corrected chi connectivity index (χ2v) is 7.12. The highest BCUT2D eigenvalue weighted by Crippen LogP contribution is 2.25. The lowest BCUT2D eigenvalue weighted by Crippen LogP contribution is -2.29. The van der Waals surface area contributed by atoms with E-state index in [-0.39, 0.29) is 0 Å². The molecule has 3 aromatic rings. The number of benzene rings is 2. The zero-order chi connectivity index (χ0) is 14.7. The van der Waals surface area contributed by atoms with Crippen LogP contribution in [0, 0.1) is 0 Å². The third-order valence-corrected chi connectivity index (χ3v) is 5.78. The fraction of sp³-hybridized carbons (Fsp3) is 0.222. The fourth-order valence-corrected chi connectivity index (χ4v) is 4.22. The molecule has 1 atom stereocenters. The number of hydrogen-bond acceptors (Lipinski definition) is 2. The average Bonchev–Trinajstić information content (AvgIpc) is 2.91. The number of halogens is 1. The van der Waals surface area contributed by atoms with Crippen molar-refractivity contribution in [1.29, 1.82) is 0 Å². The second-order valence-electron chi connectivity index (χ2n) is 5.27. The van der Waals surface area contributed by atoms with Gasteiger partial charge in [0.15, 0.2) is 0 Å². The van der Waals surface area contributed by atoms with Gasteiger partial charge in [0, 0.05) is 15.4 Å². The van der Waals surface area contributed by atoms with Gasteiger partial charge in [-0.25, -0.2) is 0 Å². The summed E-state index contributed by atoms with van der Waals surface area (Å²) in [5.41, 5.74) is 1.39.